The summed E-state index contributed by atoms with van der Waals surface area (Å²) in [6.07, 6.45) is 47.6. The SMILES string of the molecule is CCCCCCCCCCCCCCCCCCCCCCCCCC#Cc1cccc(N=C(C=Nc2ccc(CCCC)c(CCCC)c2)CCCCC)c1. The van der Waals surface area contributed by atoms with Crippen LogP contribution in [0.25, 0.3) is 0 Å². The van der Waals surface area contributed by atoms with Gasteiger partial charge in [0.1, 0.15) is 0 Å². The first-order valence-electron chi connectivity index (χ1n) is 24.5. The Morgan fingerprint density at radius 2 is 0.946 bits per heavy atom. The lowest BCUT2D eigenvalue weighted by Gasteiger charge is -2.10. The van der Waals surface area contributed by atoms with Gasteiger partial charge in [0.25, 0.3) is 0 Å². The summed E-state index contributed by atoms with van der Waals surface area (Å²) in [5, 5.41) is 0. The number of aliphatic imine (C=N–C) groups is 2. The molecule has 0 aliphatic carbocycles. The number of benzene rings is 2. The van der Waals surface area contributed by atoms with Crippen molar-refractivity contribution in [2.75, 3.05) is 0 Å². The van der Waals surface area contributed by atoms with Crippen molar-refractivity contribution >= 4 is 23.3 Å². The van der Waals surface area contributed by atoms with E-state index in [-0.39, 0.29) is 0 Å². The van der Waals surface area contributed by atoms with E-state index in [1.807, 2.05) is 6.21 Å². The van der Waals surface area contributed by atoms with Crippen LogP contribution in [0.1, 0.15) is 250 Å². The minimum absolute atomic E-state index is 0.948. The van der Waals surface area contributed by atoms with Gasteiger partial charge in [-0.15, -0.1) is 0 Å². The van der Waals surface area contributed by atoms with Crippen LogP contribution in [0.15, 0.2) is 52.4 Å². The number of rotatable bonds is 36. The average molecular weight is 765 g/mol. The molecule has 0 amide bonds. The molecule has 2 nitrogen and oxygen atoms in total. The Balaban J connectivity index is 1.61. The topological polar surface area (TPSA) is 24.7 Å². The van der Waals surface area contributed by atoms with Gasteiger partial charge in [0.05, 0.1) is 17.1 Å². The first-order valence-corrected chi connectivity index (χ1v) is 24.5. The normalized spacial score (nSPS) is 11.8. The summed E-state index contributed by atoms with van der Waals surface area (Å²) in [5.41, 5.74) is 7.12. The van der Waals surface area contributed by atoms with Crippen molar-refractivity contribution in [1.29, 1.82) is 0 Å². The minimum atomic E-state index is 0.948. The standard InChI is InChI=1S/C54H88N2/c1-5-9-13-14-15-16-17-18-19-20-21-22-23-24-25-26-27-28-29-30-31-32-33-34-36-38-49-39-37-43-53(46-49)56-54(42-35-10-6-2)48-55-52-45-44-50(40-11-7-3)51(47-52)41-12-8-4/h37,39,43-48H,5-35,40-42H2,1-4H3. The molecule has 0 aromatic heterocycles. The molecule has 0 atom stereocenters. The molecule has 2 aromatic carbocycles. The third-order valence-corrected chi connectivity index (χ3v) is 11.4. The Labute approximate surface area is 349 Å². The molecule has 0 fully saturated rings. The lowest BCUT2D eigenvalue weighted by Crippen LogP contribution is -2.00. The predicted molar refractivity (Wildman–Crippen MR) is 253 cm³/mol. The van der Waals surface area contributed by atoms with Gasteiger partial charge in [-0.3, -0.25) is 9.98 Å². The molecule has 0 bridgehead atoms. The largest absolute Gasteiger partial charge is 0.255 e. The van der Waals surface area contributed by atoms with Crippen molar-refractivity contribution in [3.05, 3.63) is 59.2 Å². The van der Waals surface area contributed by atoms with Crippen LogP contribution in [0, 0.1) is 11.8 Å². The maximum absolute atomic E-state index is 5.08. The molecule has 56 heavy (non-hydrogen) atoms. The Kier molecular flexibility index (Phi) is 32.4. The van der Waals surface area contributed by atoms with Crippen LogP contribution in [-0.2, 0) is 12.8 Å². The summed E-state index contributed by atoms with van der Waals surface area (Å²) in [6, 6.07) is 15.3. The first kappa shape index (κ1) is 49.5. The van der Waals surface area contributed by atoms with E-state index in [1.165, 1.54) is 204 Å². The molecule has 314 valence electrons. The second-order valence-corrected chi connectivity index (χ2v) is 16.9. The summed E-state index contributed by atoms with van der Waals surface area (Å²) < 4.78 is 0. The van der Waals surface area contributed by atoms with Gasteiger partial charge in [0.2, 0.25) is 0 Å². The van der Waals surface area contributed by atoms with Crippen LogP contribution < -0.4 is 0 Å². The zero-order chi connectivity index (χ0) is 40.0. The van der Waals surface area contributed by atoms with E-state index in [4.69, 9.17) is 9.98 Å². The molecule has 0 saturated heterocycles. The maximum atomic E-state index is 5.08. The number of aryl methyl sites for hydroxylation is 2. The monoisotopic (exact) mass is 765 g/mol. The van der Waals surface area contributed by atoms with Crippen LogP contribution in [0.5, 0.6) is 0 Å². The molecule has 0 aliphatic rings. The van der Waals surface area contributed by atoms with E-state index >= 15 is 0 Å². The van der Waals surface area contributed by atoms with Crippen LogP contribution in [-0.4, -0.2) is 11.9 Å². The predicted octanol–water partition coefficient (Wildman–Crippen LogP) is 18.2. The molecular formula is C54H88N2. The van der Waals surface area contributed by atoms with Gasteiger partial charge >= 0.3 is 0 Å². The van der Waals surface area contributed by atoms with Crippen LogP contribution in [0.2, 0.25) is 0 Å². The van der Waals surface area contributed by atoms with Crippen LogP contribution in [0.4, 0.5) is 11.4 Å². The molecule has 2 aromatic rings. The average Bonchev–Trinajstić information content (AvgIpc) is 3.21. The lowest BCUT2D eigenvalue weighted by molar-refractivity contribution is 0.518. The maximum Gasteiger partial charge on any atom is 0.0646 e. The number of hydrogen-bond donors (Lipinski definition) is 0. The highest BCUT2D eigenvalue weighted by atomic mass is 14.8. The van der Waals surface area contributed by atoms with Crippen molar-refractivity contribution < 1.29 is 0 Å². The third kappa shape index (κ3) is 27.1. The van der Waals surface area contributed by atoms with E-state index in [0.717, 1.165) is 48.3 Å². The van der Waals surface area contributed by atoms with Crippen LogP contribution >= 0.6 is 0 Å². The van der Waals surface area contributed by atoms with E-state index in [2.05, 4.69) is 82.0 Å². The van der Waals surface area contributed by atoms with Crippen molar-refractivity contribution in [3.8, 4) is 11.8 Å². The lowest BCUT2D eigenvalue weighted by atomic mass is 9.97. The third-order valence-electron chi connectivity index (χ3n) is 11.4. The molecule has 2 rings (SSSR count). The molecule has 0 N–H and O–H groups in total. The second kappa shape index (κ2) is 36.7. The van der Waals surface area contributed by atoms with Crippen molar-refractivity contribution in [3.63, 3.8) is 0 Å². The van der Waals surface area contributed by atoms with Gasteiger partial charge in [0.15, 0.2) is 0 Å². The zero-order valence-electron chi connectivity index (χ0n) is 37.6. The fraction of sp³-hybridized carbons (Fsp3) is 0.704. The van der Waals surface area contributed by atoms with E-state index < -0.39 is 0 Å². The fourth-order valence-electron chi connectivity index (χ4n) is 7.74. The highest BCUT2D eigenvalue weighted by molar-refractivity contribution is 6.31. The van der Waals surface area contributed by atoms with Gasteiger partial charge in [-0.1, -0.05) is 219 Å². The summed E-state index contributed by atoms with van der Waals surface area (Å²) in [7, 11) is 0. The highest BCUT2D eigenvalue weighted by Gasteiger charge is 2.05. The molecule has 0 spiro atoms. The van der Waals surface area contributed by atoms with E-state index in [1.54, 1.807) is 0 Å². The molecule has 0 heterocycles. The minimum Gasteiger partial charge on any atom is -0.255 e. The fourth-order valence-corrected chi connectivity index (χ4v) is 7.74. The van der Waals surface area contributed by atoms with Gasteiger partial charge in [-0.2, -0.15) is 0 Å². The quantitative estimate of drug-likeness (QED) is 0.0375. The second-order valence-electron chi connectivity index (χ2n) is 16.9. The summed E-state index contributed by atoms with van der Waals surface area (Å²) >= 11 is 0. The van der Waals surface area contributed by atoms with Crippen LogP contribution in [0.3, 0.4) is 0 Å². The smallest absolute Gasteiger partial charge is 0.0646 e. The number of nitrogens with zero attached hydrogens (tertiary/aromatic N) is 2. The van der Waals surface area contributed by atoms with Gasteiger partial charge < -0.3 is 0 Å². The molecule has 2 heteroatoms. The molecule has 0 aliphatic heterocycles. The van der Waals surface area contributed by atoms with Gasteiger partial charge in [-0.05, 0) is 86.4 Å². The summed E-state index contributed by atoms with van der Waals surface area (Å²) in [6.45, 7) is 9.11. The number of hydrogen-bond acceptors (Lipinski definition) is 2. The van der Waals surface area contributed by atoms with E-state index in [9.17, 15) is 0 Å². The van der Waals surface area contributed by atoms with Gasteiger partial charge in [0, 0.05) is 18.2 Å². The van der Waals surface area contributed by atoms with Crippen molar-refractivity contribution in [2.24, 2.45) is 9.98 Å². The summed E-state index contributed by atoms with van der Waals surface area (Å²) in [5.74, 6) is 6.87. The Hall–Kier alpha value is -2.66. The molecule has 0 unspecified atom stereocenters. The zero-order valence-corrected chi connectivity index (χ0v) is 37.6. The van der Waals surface area contributed by atoms with Crippen molar-refractivity contribution in [2.45, 2.75) is 246 Å². The first-order chi connectivity index (χ1) is 27.7. The van der Waals surface area contributed by atoms with Gasteiger partial charge in [-0.25, -0.2) is 0 Å². The van der Waals surface area contributed by atoms with E-state index in [0.29, 0.717) is 0 Å². The Morgan fingerprint density at radius 3 is 1.48 bits per heavy atom. The molecular weight excluding hydrogens is 677 g/mol. The molecule has 0 saturated carbocycles. The Bertz CT molecular complexity index is 1320. The number of unbranched alkanes of at least 4 members (excludes halogenated alkanes) is 27. The highest BCUT2D eigenvalue weighted by Crippen LogP contribution is 2.23. The van der Waals surface area contributed by atoms with Crippen molar-refractivity contribution in [1.82, 2.24) is 0 Å². The summed E-state index contributed by atoms with van der Waals surface area (Å²) in [4.78, 5) is 10.0. The molecule has 0 radical (unpaired) electrons. The Morgan fingerprint density at radius 1 is 0.464 bits per heavy atom.